The Balaban J connectivity index is 1.73. The smallest absolute Gasteiger partial charge is 0.243 e. The number of nitrogens with zero attached hydrogens (tertiary/aromatic N) is 2. The van der Waals surface area contributed by atoms with Crippen LogP contribution >= 0.6 is 0 Å². The summed E-state index contributed by atoms with van der Waals surface area (Å²) in [5.74, 6) is 0. The highest BCUT2D eigenvalue weighted by Gasteiger charge is 2.26. The zero-order valence-electron chi connectivity index (χ0n) is 13.0. The average Bonchev–Trinajstić information content (AvgIpc) is 3.09. The summed E-state index contributed by atoms with van der Waals surface area (Å²) in [4.78, 5) is 2.36. The first-order valence-electron chi connectivity index (χ1n) is 7.47. The van der Waals surface area contributed by atoms with E-state index in [4.69, 9.17) is 9.15 Å². The maximum atomic E-state index is 12.6. The van der Waals surface area contributed by atoms with Crippen LogP contribution in [0.1, 0.15) is 5.56 Å². The Labute approximate surface area is 136 Å². The summed E-state index contributed by atoms with van der Waals surface area (Å²) in [5.41, 5.74) is 2.02. The Bertz CT molecular complexity index is 720. The van der Waals surface area contributed by atoms with Crippen LogP contribution in [0.3, 0.4) is 0 Å². The van der Waals surface area contributed by atoms with E-state index in [1.807, 2.05) is 30.1 Å². The summed E-state index contributed by atoms with van der Waals surface area (Å²) < 4.78 is 36.9. The van der Waals surface area contributed by atoms with Crippen molar-refractivity contribution in [2.24, 2.45) is 0 Å². The Morgan fingerprint density at radius 2 is 1.83 bits per heavy atom. The molecule has 0 saturated carbocycles. The summed E-state index contributed by atoms with van der Waals surface area (Å²) in [6.07, 6.45) is 3.34. The molecule has 0 aliphatic carbocycles. The molecule has 0 spiro atoms. The Kier molecular flexibility index (Phi) is 4.70. The quantitative estimate of drug-likeness (QED) is 0.835. The molecule has 1 fully saturated rings. The molecule has 2 aromatic rings. The molecule has 1 saturated heterocycles. The Morgan fingerprint density at radius 3 is 2.43 bits per heavy atom. The standard InChI is InChI=1S/C16H20N2O4S/c1-17(12-14-6-9-22-13-14)15-2-4-16(5-3-15)23(19,20)18-7-10-21-11-8-18/h2-6,9,13H,7-8,10-12H2,1H3. The minimum atomic E-state index is -3.43. The highest BCUT2D eigenvalue weighted by atomic mass is 32.2. The molecular formula is C16H20N2O4S. The maximum absolute atomic E-state index is 12.6. The predicted molar refractivity (Wildman–Crippen MR) is 86.8 cm³/mol. The lowest BCUT2D eigenvalue weighted by atomic mass is 10.2. The van der Waals surface area contributed by atoms with Gasteiger partial charge in [0.15, 0.2) is 0 Å². The topological polar surface area (TPSA) is 63.0 Å². The van der Waals surface area contributed by atoms with Crippen molar-refractivity contribution in [2.75, 3.05) is 38.3 Å². The molecule has 0 N–H and O–H groups in total. The van der Waals surface area contributed by atoms with Crippen LogP contribution < -0.4 is 4.90 Å². The van der Waals surface area contributed by atoms with E-state index < -0.39 is 10.0 Å². The van der Waals surface area contributed by atoms with Gasteiger partial charge in [0.2, 0.25) is 10.0 Å². The second-order valence-electron chi connectivity index (χ2n) is 5.50. The molecular weight excluding hydrogens is 316 g/mol. The molecule has 2 heterocycles. The molecule has 0 bridgehead atoms. The van der Waals surface area contributed by atoms with Crippen LogP contribution in [0.15, 0.2) is 52.2 Å². The lowest BCUT2D eigenvalue weighted by Gasteiger charge is -2.26. The largest absolute Gasteiger partial charge is 0.472 e. The molecule has 0 radical (unpaired) electrons. The van der Waals surface area contributed by atoms with Gasteiger partial charge >= 0.3 is 0 Å². The summed E-state index contributed by atoms with van der Waals surface area (Å²) in [6.45, 7) is 2.41. The van der Waals surface area contributed by atoms with E-state index in [0.29, 0.717) is 37.7 Å². The van der Waals surface area contributed by atoms with E-state index in [1.54, 1.807) is 24.7 Å². The first-order valence-corrected chi connectivity index (χ1v) is 8.91. The van der Waals surface area contributed by atoms with Gasteiger partial charge in [-0.25, -0.2) is 8.42 Å². The van der Waals surface area contributed by atoms with Gasteiger partial charge in [-0.15, -0.1) is 0 Å². The summed E-state index contributed by atoms with van der Waals surface area (Å²) in [6, 6.07) is 8.88. The average molecular weight is 336 g/mol. The van der Waals surface area contributed by atoms with Crippen molar-refractivity contribution in [1.29, 1.82) is 0 Å². The fourth-order valence-corrected chi connectivity index (χ4v) is 3.96. The van der Waals surface area contributed by atoms with Gasteiger partial charge in [-0.2, -0.15) is 4.31 Å². The van der Waals surface area contributed by atoms with Crippen molar-refractivity contribution in [1.82, 2.24) is 4.31 Å². The van der Waals surface area contributed by atoms with E-state index in [2.05, 4.69) is 0 Å². The van der Waals surface area contributed by atoms with Gasteiger partial charge in [-0.05, 0) is 30.3 Å². The van der Waals surface area contributed by atoms with Crippen molar-refractivity contribution in [2.45, 2.75) is 11.4 Å². The van der Waals surface area contributed by atoms with Crippen molar-refractivity contribution in [3.8, 4) is 0 Å². The molecule has 1 aliphatic heterocycles. The number of hydrogen-bond donors (Lipinski definition) is 0. The second kappa shape index (κ2) is 6.74. The molecule has 23 heavy (non-hydrogen) atoms. The van der Waals surface area contributed by atoms with Gasteiger partial charge in [0.05, 0.1) is 30.6 Å². The molecule has 0 unspecified atom stereocenters. The zero-order valence-corrected chi connectivity index (χ0v) is 13.8. The molecule has 1 aromatic carbocycles. The van der Waals surface area contributed by atoms with Gasteiger partial charge in [-0.3, -0.25) is 0 Å². The first-order chi connectivity index (χ1) is 11.1. The van der Waals surface area contributed by atoms with Crippen LogP contribution in [0, 0.1) is 0 Å². The van der Waals surface area contributed by atoms with Crippen molar-refractivity contribution in [3.05, 3.63) is 48.4 Å². The van der Waals surface area contributed by atoms with Gasteiger partial charge in [0, 0.05) is 37.9 Å². The fraction of sp³-hybridized carbons (Fsp3) is 0.375. The van der Waals surface area contributed by atoms with Gasteiger partial charge < -0.3 is 14.1 Å². The lowest BCUT2D eigenvalue weighted by Crippen LogP contribution is -2.40. The molecule has 6 nitrogen and oxygen atoms in total. The fourth-order valence-electron chi connectivity index (χ4n) is 2.56. The number of furan rings is 1. The van der Waals surface area contributed by atoms with Crippen LogP contribution in [-0.4, -0.2) is 46.1 Å². The number of rotatable bonds is 5. The summed E-state index contributed by atoms with van der Waals surface area (Å²) in [5, 5.41) is 0. The van der Waals surface area contributed by atoms with Gasteiger partial charge in [0.25, 0.3) is 0 Å². The summed E-state index contributed by atoms with van der Waals surface area (Å²) >= 11 is 0. The monoisotopic (exact) mass is 336 g/mol. The molecule has 124 valence electrons. The number of sulfonamides is 1. The molecule has 1 aromatic heterocycles. The first kappa shape index (κ1) is 16.0. The van der Waals surface area contributed by atoms with Crippen molar-refractivity contribution in [3.63, 3.8) is 0 Å². The van der Waals surface area contributed by atoms with E-state index in [9.17, 15) is 8.42 Å². The van der Waals surface area contributed by atoms with Crippen molar-refractivity contribution >= 4 is 15.7 Å². The highest BCUT2D eigenvalue weighted by molar-refractivity contribution is 7.89. The van der Waals surface area contributed by atoms with E-state index >= 15 is 0 Å². The third-order valence-corrected chi connectivity index (χ3v) is 5.80. The highest BCUT2D eigenvalue weighted by Crippen LogP contribution is 2.22. The third kappa shape index (κ3) is 3.57. The SMILES string of the molecule is CN(Cc1ccoc1)c1ccc(S(=O)(=O)N2CCOCC2)cc1. The Hall–Kier alpha value is -1.83. The van der Waals surface area contributed by atoms with Crippen LogP contribution in [0.25, 0.3) is 0 Å². The van der Waals surface area contributed by atoms with Gasteiger partial charge in [-0.1, -0.05) is 0 Å². The Morgan fingerprint density at radius 1 is 1.13 bits per heavy atom. The maximum Gasteiger partial charge on any atom is 0.243 e. The van der Waals surface area contributed by atoms with Crippen LogP contribution in [0.4, 0.5) is 5.69 Å². The molecule has 1 aliphatic rings. The lowest BCUT2D eigenvalue weighted by molar-refractivity contribution is 0.0730. The van der Waals surface area contributed by atoms with Crippen LogP contribution in [0.2, 0.25) is 0 Å². The minimum Gasteiger partial charge on any atom is -0.472 e. The zero-order chi connectivity index (χ0) is 16.3. The van der Waals surface area contributed by atoms with E-state index in [-0.39, 0.29) is 0 Å². The number of benzene rings is 1. The van der Waals surface area contributed by atoms with E-state index in [1.165, 1.54) is 4.31 Å². The van der Waals surface area contributed by atoms with Gasteiger partial charge in [0.1, 0.15) is 0 Å². The number of morpholine rings is 1. The minimum absolute atomic E-state index is 0.319. The molecule has 7 heteroatoms. The predicted octanol–water partition coefficient (Wildman–Crippen LogP) is 1.94. The number of anilines is 1. The number of ether oxygens (including phenoxy) is 1. The second-order valence-corrected chi connectivity index (χ2v) is 7.44. The van der Waals surface area contributed by atoms with Crippen molar-refractivity contribution < 1.29 is 17.6 Å². The summed E-state index contributed by atoms with van der Waals surface area (Å²) in [7, 11) is -1.48. The third-order valence-electron chi connectivity index (χ3n) is 3.89. The molecule has 0 atom stereocenters. The molecule has 3 rings (SSSR count). The normalized spacial score (nSPS) is 16.4. The van der Waals surface area contributed by atoms with Crippen LogP contribution in [0.5, 0.6) is 0 Å². The van der Waals surface area contributed by atoms with E-state index in [0.717, 1.165) is 11.3 Å². The van der Waals surface area contributed by atoms with Crippen LogP contribution in [-0.2, 0) is 21.3 Å². The number of hydrogen-bond acceptors (Lipinski definition) is 5. The molecule has 0 amide bonds.